The Morgan fingerprint density at radius 3 is 2.96 bits per heavy atom. The predicted molar refractivity (Wildman–Crippen MR) is 99.2 cm³/mol. The molecule has 0 radical (unpaired) electrons. The molecule has 2 atom stereocenters. The van der Waals surface area contributed by atoms with Crippen molar-refractivity contribution < 1.29 is 9.47 Å². The largest absolute Gasteiger partial charge is 0.376 e. The summed E-state index contributed by atoms with van der Waals surface area (Å²) in [4.78, 5) is 6.65. The molecule has 23 heavy (non-hydrogen) atoms. The van der Waals surface area contributed by atoms with Crippen LogP contribution in [0.4, 0.5) is 0 Å². The van der Waals surface area contributed by atoms with Crippen LogP contribution in [0.5, 0.6) is 0 Å². The average molecular weight is 435 g/mol. The van der Waals surface area contributed by atoms with E-state index in [1.807, 2.05) is 31.2 Å². The van der Waals surface area contributed by atoms with Crippen molar-refractivity contribution in [3.05, 3.63) is 18.0 Å². The number of morpholine rings is 1. The summed E-state index contributed by atoms with van der Waals surface area (Å²) in [6.07, 6.45) is 6.53. The Morgan fingerprint density at radius 2 is 2.30 bits per heavy atom. The highest BCUT2D eigenvalue weighted by Crippen LogP contribution is 2.21. The van der Waals surface area contributed by atoms with Crippen LogP contribution in [0.25, 0.3) is 0 Å². The van der Waals surface area contributed by atoms with Gasteiger partial charge in [-0.1, -0.05) is 0 Å². The zero-order valence-electron chi connectivity index (χ0n) is 13.8. The number of nitrogens with one attached hydrogen (secondary N) is 1. The molecular weight excluding hydrogens is 409 g/mol. The van der Waals surface area contributed by atoms with Crippen LogP contribution in [0.3, 0.4) is 0 Å². The van der Waals surface area contributed by atoms with Crippen LogP contribution in [0.15, 0.2) is 17.4 Å². The molecule has 1 aromatic heterocycles. The molecule has 0 bridgehead atoms. The highest BCUT2D eigenvalue weighted by Gasteiger charge is 2.25. The molecule has 2 aliphatic heterocycles. The second-order valence-electron chi connectivity index (χ2n) is 5.82. The molecule has 2 unspecified atom stereocenters. The average Bonchev–Trinajstić information content (AvgIpc) is 3.20. The van der Waals surface area contributed by atoms with E-state index in [0.717, 1.165) is 50.6 Å². The van der Waals surface area contributed by atoms with E-state index in [1.165, 1.54) is 0 Å². The molecule has 0 saturated carbocycles. The lowest BCUT2D eigenvalue weighted by Crippen LogP contribution is -2.49. The van der Waals surface area contributed by atoms with E-state index in [1.54, 1.807) is 0 Å². The number of aliphatic imine (C=N–C) groups is 1. The smallest absolute Gasteiger partial charge is 0.193 e. The number of hydrogen-bond acceptors (Lipinski definition) is 4. The van der Waals surface area contributed by atoms with Gasteiger partial charge in [0, 0.05) is 45.6 Å². The van der Waals surface area contributed by atoms with Crippen molar-refractivity contribution in [1.82, 2.24) is 20.0 Å². The molecule has 0 spiro atoms. The third-order valence-electron chi connectivity index (χ3n) is 4.19. The molecule has 2 aliphatic rings. The highest BCUT2D eigenvalue weighted by atomic mass is 127. The Hall–Kier alpha value is -0.870. The number of rotatable bonds is 3. The SMILES string of the molecule is CN=C(NCC1CCCO1)N1CCOC(c2cnn(C)c2)C1.I. The molecule has 0 amide bonds. The van der Waals surface area contributed by atoms with Gasteiger partial charge in [-0.3, -0.25) is 9.67 Å². The summed E-state index contributed by atoms with van der Waals surface area (Å²) in [6.45, 7) is 4.03. The molecule has 130 valence electrons. The maximum absolute atomic E-state index is 5.88. The van der Waals surface area contributed by atoms with E-state index >= 15 is 0 Å². The number of nitrogens with zero attached hydrogens (tertiary/aromatic N) is 4. The van der Waals surface area contributed by atoms with Gasteiger partial charge in [-0.05, 0) is 12.8 Å². The van der Waals surface area contributed by atoms with Crippen molar-refractivity contribution in [3.63, 3.8) is 0 Å². The summed E-state index contributed by atoms with van der Waals surface area (Å²) in [7, 11) is 3.75. The lowest BCUT2D eigenvalue weighted by Gasteiger charge is -2.35. The standard InChI is InChI=1S/C15H25N5O2.HI/c1-16-15(17-9-13-4-3-6-21-13)20-5-7-22-14(11-20)12-8-18-19(2)10-12;/h8,10,13-14H,3-7,9,11H2,1-2H3,(H,16,17);1H. The van der Waals surface area contributed by atoms with Crippen molar-refractivity contribution in [3.8, 4) is 0 Å². The fourth-order valence-corrected chi connectivity index (χ4v) is 2.99. The van der Waals surface area contributed by atoms with Gasteiger partial charge in [0.15, 0.2) is 5.96 Å². The summed E-state index contributed by atoms with van der Waals surface area (Å²) in [5.74, 6) is 0.924. The fraction of sp³-hybridized carbons (Fsp3) is 0.733. The minimum absolute atomic E-state index is 0. The van der Waals surface area contributed by atoms with Gasteiger partial charge in [0.1, 0.15) is 6.10 Å². The molecule has 1 aromatic rings. The second kappa shape index (κ2) is 8.84. The van der Waals surface area contributed by atoms with Gasteiger partial charge in [-0.2, -0.15) is 5.10 Å². The number of ether oxygens (including phenoxy) is 2. The maximum atomic E-state index is 5.88. The Bertz CT molecular complexity index is 516. The summed E-state index contributed by atoms with van der Waals surface area (Å²) >= 11 is 0. The quantitative estimate of drug-likeness (QED) is 0.439. The molecule has 3 rings (SSSR count). The number of halogens is 1. The molecule has 1 N–H and O–H groups in total. The van der Waals surface area contributed by atoms with Crippen LogP contribution in [0, 0.1) is 0 Å². The lowest BCUT2D eigenvalue weighted by atomic mass is 10.1. The fourth-order valence-electron chi connectivity index (χ4n) is 2.99. The molecule has 7 nitrogen and oxygen atoms in total. The molecule has 2 fully saturated rings. The first-order valence-corrected chi connectivity index (χ1v) is 7.93. The van der Waals surface area contributed by atoms with Crippen molar-refractivity contribution >= 4 is 29.9 Å². The van der Waals surface area contributed by atoms with Gasteiger partial charge in [0.05, 0.1) is 25.5 Å². The van der Waals surface area contributed by atoms with Crippen LogP contribution >= 0.6 is 24.0 Å². The topological polar surface area (TPSA) is 63.9 Å². The van der Waals surface area contributed by atoms with Crippen molar-refractivity contribution in [1.29, 1.82) is 0 Å². The van der Waals surface area contributed by atoms with Gasteiger partial charge in [-0.25, -0.2) is 0 Å². The number of aromatic nitrogens is 2. The van der Waals surface area contributed by atoms with E-state index in [0.29, 0.717) is 12.7 Å². The minimum Gasteiger partial charge on any atom is -0.376 e. The third-order valence-corrected chi connectivity index (χ3v) is 4.19. The molecule has 2 saturated heterocycles. The molecule has 3 heterocycles. The summed E-state index contributed by atoms with van der Waals surface area (Å²) < 4.78 is 13.3. The van der Waals surface area contributed by atoms with Crippen LogP contribution in [-0.2, 0) is 16.5 Å². The van der Waals surface area contributed by atoms with Crippen LogP contribution in [-0.4, -0.2) is 66.6 Å². The van der Waals surface area contributed by atoms with E-state index < -0.39 is 0 Å². The van der Waals surface area contributed by atoms with E-state index in [9.17, 15) is 0 Å². The highest BCUT2D eigenvalue weighted by molar-refractivity contribution is 14.0. The van der Waals surface area contributed by atoms with Crippen LogP contribution in [0.2, 0.25) is 0 Å². The Labute approximate surface area is 154 Å². The van der Waals surface area contributed by atoms with Gasteiger partial charge in [-0.15, -0.1) is 24.0 Å². The maximum Gasteiger partial charge on any atom is 0.193 e. The van der Waals surface area contributed by atoms with Crippen molar-refractivity contribution in [2.75, 3.05) is 39.9 Å². The first kappa shape index (κ1) is 18.5. The normalized spacial score (nSPS) is 25.3. The molecule has 0 aromatic carbocycles. The zero-order valence-corrected chi connectivity index (χ0v) is 16.1. The van der Waals surface area contributed by atoms with Crippen molar-refractivity contribution in [2.45, 2.75) is 25.0 Å². The monoisotopic (exact) mass is 435 g/mol. The third kappa shape index (κ3) is 4.80. The Kier molecular flexibility index (Phi) is 7.09. The van der Waals surface area contributed by atoms with Crippen LogP contribution in [0.1, 0.15) is 24.5 Å². The van der Waals surface area contributed by atoms with E-state index in [4.69, 9.17) is 9.47 Å². The summed E-state index contributed by atoms with van der Waals surface area (Å²) in [5, 5.41) is 7.66. The Balaban J connectivity index is 0.00000192. The first-order chi connectivity index (χ1) is 10.8. The number of guanidine groups is 1. The summed E-state index contributed by atoms with van der Waals surface area (Å²) in [6, 6.07) is 0. The molecular formula is C15H26IN5O2. The summed E-state index contributed by atoms with van der Waals surface area (Å²) in [5.41, 5.74) is 1.11. The second-order valence-corrected chi connectivity index (χ2v) is 5.82. The lowest BCUT2D eigenvalue weighted by molar-refractivity contribution is -0.00827. The van der Waals surface area contributed by atoms with Crippen molar-refractivity contribution in [2.24, 2.45) is 12.0 Å². The zero-order chi connectivity index (χ0) is 15.4. The number of aryl methyl sites for hydroxylation is 1. The van der Waals surface area contributed by atoms with Gasteiger partial charge >= 0.3 is 0 Å². The molecule has 0 aliphatic carbocycles. The van der Waals surface area contributed by atoms with Gasteiger partial charge < -0.3 is 19.7 Å². The molecule has 8 heteroatoms. The van der Waals surface area contributed by atoms with E-state index in [2.05, 4.69) is 20.3 Å². The minimum atomic E-state index is 0. The first-order valence-electron chi connectivity index (χ1n) is 7.93. The Morgan fingerprint density at radius 1 is 1.43 bits per heavy atom. The predicted octanol–water partition coefficient (Wildman–Crippen LogP) is 1.17. The van der Waals surface area contributed by atoms with Crippen LogP contribution < -0.4 is 5.32 Å². The van der Waals surface area contributed by atoms with E-state index in [-0.39, 0.29) is 30.1 Å². The van der Waals surface area contributed by atoms with Gasteiger partial charge in [0.2, 0.25) is 0 Å². The number of hydrogen-bond donors (Lipinski definition) is 1. The van der Waals surface area contributed by atoms with Gasteiger partial charge in [0.25, 0.3) is 0 Å².